The molecule has 33 heavy (non-hydrogen) atoms. The Balaban J connectivity index is 1.40. The predicted molar refractivity (Wildman–Crippen MR) is 129 cm³/mol. The maximum absolute atomic E-state index is 13.0. The van der Waals surface area contributed by atoms with Crippen LogP contribution in [0.5, 0.6) is 0 Å². The molecule has 0 saturated carbocycles. The van der Waals surface area contributed by atoms with Crippen LogP contribution in [-0.4, -0.2) is 34.8 Å². The Morgan fingerprint density at radius 3 is 2.30 bits per heavy atom. The number of carbonyl (C=O) groups is 3. The van der Waals surface area contributed by atoms with E-state index in [9.17, 15) is 14.4 Å². The molecule has 1 fully saturated rings. The van der Waals surface area contributed by atoms with Gasteiger partial charge in [0.25, 0.3) is 5.91 Å². The molecular weight excluding hydrogens is 434 g/mol. The molecule has 1 unspecified atom stereocenters. The summed E-state index contributed by atoms with van der Waals surface area (Å²) < 4.78 is 0. The zero-order chi connectivity index (χ0) is 23.3. The van der Waals surface area contributed by atoms with Gasteiger partial charge in [-0.25, -0.2) is 4.79 Å². The molecule has 1 atom stereocenters. The minimum atomic E-state index is -1.03. The second-order valence-corrected chi connectivity index (χ2v) is 9.21. The van der Waals surface area contributed by atoms with Crippen molar-refractivity contribution in [2.45, 2.75) is 35.1 Å². The van der Waals surface area contributed by atoms with Gasteiger partial charge in [-0.1, -0.05) is 72.4 Å². The summed E-state index contributed by atoms with van der Waals surface area (Å²) in [6.45, 7) is 1.37. The van der Waals surface area contributed by atoms with E-state index in [4.69, 9.17) is 0 Å². The highest BCUT2D eigenvalue weighted by atomic mass is 32.2. The van der Waals surface area contributed by atoms with Crippen LogP contribution in [-0.2, 0) is 16.0 Å². The largest absolute Gasteiger partial charge is 0.325 e. The second kappa shape index (κ2) is 9.92. The van der Waals surface area contributed by atoms with E-state index >= 15 is 0 Å². The van der Waals surface area contributed by atoms with Crippen molar-refractivity contribution in [2.75, 3.05) is 11.9 Å². The fourth-order valence-electron chi connectivity index (χ4n) is 3.71. The molecule has 168 valence electrons. The smallest absolute Gasteiger partial charge is 0.323 e. The number of nitrogens with one attached hydrogen (secondary N) is 2. The van der Waals surface area contributed by atoms with E-state index in [1.54, 1.807) is 13.0 Å². The normalized spacial score (nSPS) is 17.7. The molecule has 6 nitrogen and oxygen atoms in total. The third-order valence-corrected chi connectivity index (χ3v) is 6.62. The van der Waals surface area contributed by atoms with Gasteiger partial charge in [0.05, 0.1) is 5.69 Å². The van der Waals surface area contributed by atoms with Crippen LogP contribution >= 0.6 is 11.8 Å². The predicted octanol–water partition coefficient (Wildman–Crippen LogP) is 4.72. The summed E-state index contributed by atoms with van der Waals surface area (Å²) >= 11 is 1.53. The van der Waals surface area contributed by atoms with Gasteiger partial charge < -0.3 is 10.6 Å². The number of hydrogen-bond donors (Lipinski definition) is 2. The molecule has 0 radical (unpaired) electrons. The number of urea groups is 1. The second-order valence-electron chi connectivity index (χ2n) is 8.10. The standard InChI is InChI=1S/C26H25N3O3S/c1-26(17-16-19-10-4-2-5-11-19)24(31)29(25(32)28-26)18-23(30)27-21-14-8-9-15-22(21)33-20-12-6-3-7-13-20/h2-15H,16-18H2,1H3,(H,27,30)(H,28,32). The van der Waals surface area contributed by atoms with Crippen molar-refractivity contribution in [2.24, 2.45) is 0 Å². The van der Waals surface area contributed by atoms with Crippen molar-refractivity contribution in [1.82, 2.24) is 10.2 Å². The third-order valence-electron chi connectivity index (χ3n) is 5.54. The number of benzene rings is 3. The average molecular weight is 460 g/mol. The van der Waals surface area contributed by atoms with Crippen LogP contribution in [0.15, 0.2) is 94.7 Å². The Hall–Kier alpha value is -3.58. The minimum absolute atomic E-state index is 0.337. The van der Waals surface area contributed by atoms with Crippen molar-refractivity contribution < 1.29 is 14.4 Å². The highest BCUT2D eigenvalue weighted by Crippen LogP contribution is 2.33. The van der Waals surface area contributed by atoms with Crippen LogP contribution in [0.3, 0.4) is 0 Å². The first-order chi connectivity index (χ1) is 15.9. The molecule has 4 amide bonds. The van der Waals surface area contributed by atoms with Crippen molar-refractivity contribution in [3.63, 3.8) is 0 Å². The molecule has 0 aromatic heterocycles. The molecule has 1 aliphatic heterocycles. The Labute approximate surface area is 197 Å². The summed E-state index contributed by atoms with van der Waals surface area (Å²) in [6, 6.07) is 26.5. The molecule has 2 N–H and O–H groups in total. The Kier molecular flexibility index (Phi) is 6.79. The number of amides is 4. The van der Waals surface area contributed by atoms with E-state index in [2.05, 4.69) is 10.6 Å². The van der Waals surface area contributed by atoms with Crippen molar-refractivity contribution in [3.8, 4) is 0 Å². The summed E-state index contributed by atoms with van der Waals surface area (Å²) in [4.78, 5) is 41.2. The van der Waals surface area contributed by atoms with Gasteiger partial charge in [-0.05, 0) is 49.6 Å². The van der Waals surface area contributed by atoms with E-state index in [-0.39, 0.29) is 12.5 Å². The van der Waals surface area contributed by atoms with Gasteiger partial charge in [-0.2, -0.15) is 0 Å². The van der Waals surface area contributed by atoms with Crippen LogP contribution in [0.4, 0.5) is 10.5 Å². The zero-order valence-electron chi connectivity index (χ0n) is 18.3. The van der Waals surface area contributed by atoms with Crippen molar-refractivity contribution in [1.29, 1.82) is 0 Å². The Bertz CT molecular complexity index is 1150. The molecule has 1 aliphatic rings. The van der Waals surface area contributed by atoms with Crippen molar-refractivity contribution in [3.05, 3.63) is 90.5 Å². The molecule has 1 heterocycles. The highest BCUT2D eigenvalue weighted by Gasteiger charge is 2.47. The Morgan fingerprint density at radius 1 is 0.939 bits per heavy atom. The number of aryl methyl sites for hydroxylation is 1. The summed E-state index contributed by atoms with van der Waals surface area (Å²) in [5.41, 5.74) is 0.689. The van der Waals surface area contributed by atoms with E-state index in [1.165, 1.54) is 11.8 Å². The number of rotatable bonds is 8. The lowest BCUT2D eigenvalue weighted by Gasteiger charge is -2.21. The first-order valence-corrected chi connectivity index (χ1v) is 11.6. The number of anilines is 1. The monoisotopic (exact) mass is 459 g/mol. The molecule has 0 aliphatic carbocycles. The quantitative estimate of drug-likeness (QED) is 0.478. The van der Waals surface area contributed by atoms with Gasteiger partial charge >= 0.3 is 6.03 Å². The van der Waals surface area contributed by atoms with Crippen LogP contribution in [0, 0.1) is 0 Å². The SMILES string of the molecule is CC1(CCc2ccccc2)NC(=O)N(CC(=O)Nc2ccccc2Sc2ccccc2)C1=O. The number of nitrogens with zero attached hydrogens (tertiary/aromatic N) is 1. The lowest BCUT2D eigenvalue weighted by molar-refractivity contribution is -0.133. The maximum Gasteiger partial charge on any atom is 0.325 e. The molecule has 1 saturated heterocycles. The van der Waals surface area contributed by atoms with E-state index in [1.807, 2.05) is 78.9 Å². The minimum Gasteiger partial charge on any atom is -0.323 e. The molecule has 0 spiro atoms. The number of imide groups is 1. The van der Waals surface area contributed by atoms with Crippen LogP contribution in [0.2, 0.25) is 0 Å². The number of carbonyl (C=O) groups excluding carboxylic acids is 3. The summed E-state index contributed by atoms with van der Waals surface area (Å²) in [7, 11) is 0. The van der Waals surface area contributed by atoms with Gasteiger partial charge in [-0.15, -0.1) is 0 Å². The topological polar surface area (TPSA) is 78.5 Å². The zero-order valence-corrected chi connectivity index (χ0v) is 19.1. The molecule has 7 heteroatoms. The number of hydrogen-bond acceptors (Lipinski definition) is 4. The van der Waals surface area contributed by atoms with Gasteiger partial charge in [0.1, 0.15) is 12.1 Å². The van der Waals surface area contributed by atoms with E-state index in [0.717, 1.165) is 20.3 Å². The molecule has 4 rings (SSSR count). The first-order valence-electron chi connectivity index (χ1n) is 10.7. The third kappa shape index (κ3) is 5.43. The molecule has 3 aromatic rings. The van der Waals surface area contributed by atoms with Crippen LogP contribution in [0.1, 0.15) is 18.9 Å². The van der Waals surface area contributed by atoms with Crippen LogP contribution in [0.25, 0.3) is 0 Å². The summed E-state index contributed by atoms with van der Waals surface area (Å²) in [5.74, 6) is -0.808. The van der Waals surface area contributed by atoms with Crippen LogP contribution < -0.4 is 10.6 Å². The fraction of sp³-hybridized carbons (Fsp3) is 0.192. The molecule has 3 aromatic carbocycles. The average Bonchev–Trinajstić information content (AvgIpc) is 3.03. The molecule has 0 bridgehead atoms. The van der Waals surface area contributed by atoms with Gasteiger partial charge in [0, 0.05) is 9.79 Å². The Morgan fingerprint density at radius 2 is 1.58 bits per heavy atom. The lowest BCUT2D eigenvalue weighted by Crippen LogP contribution is -2.45. The van der Waals surface area contributed by atoms with E-state index in [0.29, 0.717) is 18.5 Å². The summed E-state index contributed by atoms with van der Waals surface area (Å²) in [5, 5.41) is 5.62. The van der Waals surface area contributed by atoms with E-state index < -0.39 is 17.5 Å². The van der Waals surface area contributed by atoms with Gasteiger partial charge in [-0.3, -0.25) is 14.5 Å². The molecular formula is C26H25N3O3S. The first kappa shape index (κ1) is 22.6. The lowest BCUT2D eigenvalue weighted by atomic mass is 9.93. The van der Waals surface area contributed by atoms with Gasteiger partial charge in [0.15, 0.2) is 0 Å². The maximum atomic E-state index is 13.0. The number of para-hydroxylation sites is 1. The van der Waals surface area contributed by atoms with Crippen molar-refractivity contribution >= 4 is 35.3 Å². The summed E-state index contributed by atoms with van der Waals surface area (Å²) in [6.07, 6.45) is 1.10. The fourth-order valence-corrected chi connectivity index (χ4v) is 4.63. The highest BCUT2D eigenvalue weighted by molar-refractivity contribution is 7.99. The van der Waals surface area contributed by atoms with Gasteiger partial charge in [0.2, 0.25) is 5.91 Å².